The number of rotatable bonds is 7. The summed E-state index contributed by atoms with van der Waals surface area (Å²) in [4.78, 5) is 23.4. The zero-order valence-corrected chi connectivity index (χ0v) is 13.2. The lowest BCUT2D eigenvalue weighted by Gasteiger charge is -2.14. The molecule has 2 aliphatic carbocycles. The maximum absolute atomic E-state index is 12.2. The summed E-state index contributed by atoms with van der Waals surface area (Å²) in [5, 5.41) is 11.6. The van der Waals surface area contributed by atoms with Crippen molar-refractivity contribution in [2.24, 2.45) is 5.92 Å². The van der Waals surface area contributed by atoms with E-state index in [1.807, 2.05) is 0 Å². The van der Waals surface area contributed by atoms with Crippen LogP contribution in [-0.4, -0.2) is 37.5 Å². The van der Waals surface area contributed by atoms with E-state index in [-0.39, 0.29) is 22.4 Å². The Morgan fingerprint density at radius 2 is 1.87 bits per heavy atom. The van der Waals surface area contributed by atoms with Crippen LogP contribution in [0.3, 0.4) is 0 Å². The Morgan fingerprint density at radius 1 is 1.17 bits per heavy atom. The van der Waals surface area contributed by atoms with E-state index in [0.717, 1.165) is 25.7 Å². The van der Waals surface area contributed by atoms with Gasteiger partial charge in [-0.15, -0.1) is 0 Å². The van der Waals surface area contributed by atoms with Gasteiger partial charge in [0.05, 0.1) is 4.90 Å². The fraction of sp³-hybridized carbons (Fsp3) is 0.467. The van der Waals surface area contributed by atoms with Gasteiger partial charge in [-0.05, 0) is 49.8 Å². The summed E-state index contributed by atoms with van der Waals surface area (Å²) in [6.07, 6.45) is 3.19. The molecule has 1 atom stereocenters. The highest BCUT2D eigenvalue weighted by atomic mass is 32.2. The van der Waals surface area contributed by atoms with Crippen molar-refractivity contribution in [3.05, 3.63) is 29.8 Å². The third-order valence-corrected chi connectivity index (χ3v) is 5.47. The molecular formula is C15H18N2O5S. The smallest absolute Gasteiger partial charge is 0.326 e. The van der Waals surface area contributed by atoms with Gasteiger partial charge in [-0.3, -0.25) is 4.79 Å². The molecular weight excluding hydrogens is 320 g/mol. The lowest BCUT2D eigenvalue weighted by atomic mass is 10.1. The Bertz CT molecular complexity index is 738. The predicted octanol–water partition coefficient (Wildman–Crippen LogP) is 0.720. The van der Waals surface area contributed by atoms with E-state index in [4.69, 9.17) is 5.11 Å². The van der Waals surface area contributed by atoms with Crippen LogP contribution in [-0.2, 0) is 14.8 Å². The average molecular weight is 338 g/mol. The third-order valence-electron chi connectivity index (χ3n) is 3.95. The summed E-state index contributed by atoms with van der Waals surface area (Å²) >= 11 is 0. The summed E-state index contributed by atoms with van der Waals surface area (Å²) in [7, 11) is -3.65. The van der Waals surface area contributed by atoms with Crippen LogP contribution in [0.5, 0.6) is 0 Å². The van der Waals surface area contributed by atoms with Crippen molar-refractivity contribution >= 4 is 21.9 Å². The molecule has 0 radical (unpaired) electrons. The summed E-state index contributed by atoms with van der Waals surface area (Å²) in [6, 6.07) is 4.68. The third kappa shape index (κ3) is 3.89. The van der Waals surface area contributed by atoms with E-state index >= 15 is 0 Å². The summed E-state index contributed by atoms with van der Waals surface area (Å²) in [6.45, 7) is 0. The van der Waals surface area contributed by atoms with E-state index < -0.39 is 27.9 Å². The van der Waals surface area contributed by atoms with E-state index in [0.29, 0.717) is 0 Å². The van der Waals surface area contributed by atoms with Gasteiger partial charge in [0.15, 0.2) is 0 Å². The molecule has 1 aromatic carbocycles. The number of carboxylic acids is 1. The summed E-state index contributed by atoms with van der Waals surface area (Å²) in [5.41, 5.74) is 0.135. The van der Waals surface area contributed by atoms with Crippen LogP contribution in [0.2, 0.25) is 0 Å². The highest BCUT2D eigenvalue weighted by molar-refractivity contribution is 7.89. The van der Waals surface area contributed by atoms with E-state index in [9.17, 15) is 18.0 Å². The number of nitrogens with one attached hydrogen (secondary N) is 2. The molecule has 1 aromatic rings. The van der Waals surface area contributed by atoms with Crippen LogP contribution in [0.25, 0.3) is 0 Å². The van der Waals surface area contributed by atoms with Gasteiger partial charge in [0, 0.05) is 11.6 Å². The van der Waals surface area contributed by atoms with Crippen molar-refractivity contribution in [2.45, 2.75) is 42.7 Å². The van der Waals surface area contributed by atoms with Crippen LogP contribution < -0.4 is 10.0 Å². The summed E-state index contributed by atoms with van der Waals surface area (Å²) in [5.74, 6) is -1.69. The number of sulfonamides is 1. The molecule has 0 aromatic heterocycles. The average Bonchev–Trinajstić information content (AvgIpc) is 3.38. The molecule has 3 rings (SSSR count). The maximum atomic E-state index is 12.2. The topological polar surface area (TPSA) is 113 Å². The molecule has 1 unspecified atom stereocenters. The molecule has 0 heterocycles. The highest BCUT2D eigenvalue weighted by Gasteiger charge is 2.37. The number of carbonyl (C=O) groups excluding carboxylic acids is 1. The van der Waals surface area contributed by atoms with Crippen molar-refractivity contribution in [3.8, 4) is 0 Å². The molecule has 0 bridgehead atoms. The molecule has 124 valence electrons. The first kappa shape index (κ1) is 15.9. The Morgan fingerprint density at radius 3 is 2.43 bits per heavy atom. The highest BCUT2D eigenvalue weighted by Crippen LogP contribution is 2.33. The molecule has 7 nitrogen and oxygen atoms in total. The van der Waals surface area contributed by atoms with Gasteiger partial charge < -0.3 is 10.4 Å². The van der Waals surface area contributed by atoms with Crippen molar-refractivity contribution in [2.75, 3.05) is 0 Å². The number of amides is 1. The zero-order valence-electron chi connectivity index (χ0n) is 12.4. The molecule has 0 saturated heterocycles. The second kappa shape index (κ2) is 5.93. The molecule has 0 aliphatic heterocycles. The number of aliphatic carboxylic acids is 1. The van der Waals surface area contributed by atoms with Crippen molar-refractivity contribution in [1.29, 1.82) is 0 Å². The van der Waals surface area contributed by atoms with Crippen molar-refractivity contribution in [1.82, 2.24) is 10.0 Å². The van der Waals surface area contributed by atoms with E-state index in [1.54, 1.807) is 0 Å². The first-order valence-corrected chi connectivity index (χ1v) is 9.01. The quantitative estimate of drug-likeness (QED) is 0.678. The Labute approximate surface area is 134 Å². The van der Waals surface area contributed by atoms with E-state index in [1.165, 1.54) is 24.3 Å². The van der Waals surface area contributed by atoms with Gasteiger partial charge in [0.2, 0.25) is 10.0 Å². The molecule has 2 aliphatic rings. The minimum absolute atomic E-state index is 0.00958. The molecule has 23 heavy (non-hydrogen) atoms. The Balaban J connectivity index is 1.75. The van der Waals surface area contributed by atoms with Gasteiger partial charge in [-0.25, -0.2) is 17.9 Å². The first-order valence-electron chi connectivity index (χ1n) is 7.53. The second-order valence-electron chi connectivity index (χ2n) is 6.05. The second-order valence-corrected chi connectivity index (χ2v) is 7.76. The monoisotopic (exact) mass is 338 g/mol. The van der Waals surface area contributed by atoms with Crippen molar-refractivity contribution in [3.63, 3.8) is 0 Å². The van der Waals surface area contributed by atoms with Gasteiger partial charge in [-0.2, -0.15) is 0 Å². The minimum atomic E-state index is -3.65. The van der Waals surface area contributed by atoms with Crippen LogP contribution in [0.15, 0.2) is 29.2 Å². The zero-order chi connectivity index (χ0) is 16.6. The van der Waals surface area contributed by atoms with Gasteiger partial charge in [0.1, 0.15) is 6.04 Å². The van der Waals surface area contributed by atoms with Crippen LogP contribution >= 0.6 is 0 Å². The number of carboxylic acid groups (broad SMARTS) is 1. The van der Waals surface area contributed by atoms with Gasteiger partial charge >= 0.3 is 5.97 Å². The summed E-state index contributed by atoms with van der Waals surface area (Å²) < 4.78 is 26.9. The number of hydrogen-bond donors (Lipinski definition) is 3. The maximum Gasteiger partial charge on any atom is 0.326 e. The molecule has 8 heteroatoms. The molecule has 0 spiro atoms. The molecule has 3 N–H and O–H groups in total. The lowest BCUT2D eigenvalue weighted by Crippen LogP contribution is -2.42. The number of benzene rings is 1. The normalized spacial score (nSPS) is 19.1. The molecule has 2 saturated carbocycles. The number of hydrogen-bond acceptors (Lipinski definition) is 4. The fourth-order valence-corrected chi connectivity index (χ4v) is 3.68. The fourth-order valence-electron chi connectivity index (χ4n) is 2.33. The predicted molar refractivity (Wildman–Crippen MR) is 81.4 cm³/mol. The SMILES string of the molecule is O=C(NC(C(=O)O)C1CC1)c1cccc(S(=O)(=O)NC2CC2)c1. The van der Waals surface area contributed by atoms with Crippen molar-refractivity contribution < 1.29 is 23.1 Å². The minimum Gasteiger partial charge on any atom is -0.480 e. The van der Waals surface area contributed by atoms with Gasteiger partial charge in [-0.1, -0.05) is 6.07 Å². The van der Waals surface area contributed by atoms with Crippen LogP contribution in [0.1, 0.15) is 36.0 Å². The van der Waals surface area contributed by atoms with Crippen LogP contribution in [0, 0.1) is 5.92 Å². The van der Waals surface area contributed by atoms with Gasteiger partial charge in [0.25, 0.3) is 5.91 Å². The Hall–Kier alpha value is -1.93. The largest absolute Gasteiger partial charge is 0.480 e. The van der Waals surface area contributed by atoms with Crippen LogP contribution in [0.4, 0.5) is 0 Å². The first-order chi connectivity index (χ1) is 10.9. The molecule has 1 amide bonds. The van der Waals surface area contributed by atoms with E-state index in [2.05, 4.69) is 10.0 Å². The standard InChI is InChI=1S/C15H18N2O5S/c18-14(16-13(15(19)20)9-4-5-9)10-2-1-3-12(8-10)23(21,22)17-11-6-7-11/h1-3,8-9,11,13,17H,4-7H2,(H,16,18)(H,19,20). The number of carbonyl (C=O) groups is 2. The molecule has 2 fully saturated rings. The lowest BCUT2D eigenvalue weighted by molar-refractivity contribution is -0.139. The Kier molecular flexibility index (Phi) is 4.11.